The maximum atomic E-state index is 12.1. The number of hydrogen-bond donors (Lipinski definition) is 0. The van der Waals surface area contributed by atoms with E-state index in [1.54, 1.807) is 12.1 Å². The van der Waals surface area contributed by atoms with Crippen LogP contribution in [0.1, 0.15) is 33.6 Å². The number of amides is 1. The van der Waals surface area contributed by atoms with Crippen LogP contribution in [-0.2, 0) is 4.74 Å². The molecule has 2 aliphatic rings. The molecule has 8 heteroatoms. The monoisotopic (exact) mass is 391 g/mol. The fourth-order valence-corrected chi connectivity index (χ4v) is 5.07. The van der Waals surface area contributed by atoms with Crippen molar-refractivity contribution < 1.29 is 19.2 Å². The lowest BCUT2D eigenvalue weighted by molar-refractivity contribution is -0.385. The first-order chi connectivity index (χ1) is 13.1. The molecule has 3 rings (SSSR count). The number of nitrogens with zero attached hydrogens (tertiary/aromatic N) is 3. The molecule has 0 N–H and O–H groups in total. The Morgan fingerprint density at radius 2 is 1.89 bits per heavy atom. The van der Waals surface area contributed by atoms with Crippen LogP contribution in [-0.4, -0.2) is 55.8 Å². The van der Waals surface area contributed by atoms with Crippen molar-refractivity contribution in [2.45, 2.75) is 39.7 Å². The molecule has 0 saturated carbocycles. The maximum Gasteiger partial charge on any atom is 0.409 e. The van der Waals surface area contributed by atoms with E-state index >= 15 is 0 Å². The van der Waals surface area contributed by atoms with Gasteiger partial charge in [-0.3, -0.25) is 10.1 Å². The number of anilines is 1. The van der Waals surface area contributed by atoms with E-state index in [0.29, 0.717) is 6.54 Å². The van der Waals surface area contributed by atoms with Gasteiger partial charge in [0, 0.05) is 42.8 Å². The highest BCUT2D eigenvalue weighted by Gasteiger charge is 2.59. The van der Waals surface area contributed by atoms with Crippen LogP contribution in [0.15, 0.2) is 18.2 Å². The molecule has 154 valence electrons. The number of nitro benzene ring substituents is 1. The van der Waals surface area contributed by atoms with Crippen LogP contribution >= 0.6 is 0 Å². The van der Waals surface area contributed by atoms with Crippen molar-refractivity contribution in [3.05, 3.63) is 28.3 Å². The summed E-state index contributed by atoms with van der Waals surface area (Å²) in [6.07, 6.45) is 1.60. The van der Waals surface area contributed by atoms with Gasteiger partial charge in [0.2, 0.25) is 0 Å². The largest absolute Gasteiger partial charge is 0.490 e. The molecule has 2 fully saturated rings. The molecule has 2 heterocycles. The van der Waals surface area contributed by atoms with Crippen LogP contribution in [0.25, 0.3) is 0 Å². The van der Waals surface area contributed by atoms with Gasteiger partial charge >= 0.3 is 11.8 Å². The van der Waals surface area contributed by atoms with Crippen LogP contribution < -0.4 is 9.64 Å². The molecule has 1 unspecified atom stereocenters. The zero-order valence-corrected chi connectivity index (χ0v) is 17.2. The fraction of sp³-hybridized carbons (Fsp3) is 0.650. The molecule has 8 nitrogen and oxygen atoms in total. The van der Waals surface area contributed by atoms with Gasteiger partial charge in [-0.2, -0.15) is 0 Å². The summed E-state index contributed by atoms with van der Waals surface area (Å²) in [4.78, 5) is 27.1. The number of benzene rings is 1. The van der Waals surface area contributed by atoms with Crippen molar-refractivity contribution in [3.63, 3.8) is 0 Å². The molecule has 0 radical (unpaired) electrons. The smallest absolute Gasteiger partial charge is 0.409 e. The number of rotatable bonds is 3. The molecule has 1 atom stereocenters. The number of ether oxygens (including phenoxy) is 2. The Balaban J connectivity index is 1.76. The van der Waals surface area contributed by atoms with E-state index in [-0.39, 0.29) is 34.4 Å². The Kier molecular flexibility index (Phi) is 5.16. The predicted octanol–water partition coefficient (Wildman–Crippen LogP) is 3.69. The number of nitro groups is 1. The van der Waals surface area contributed by atoms with Gasteiger partial charge in [0.05, 0.1) is 19.1 Å². The first kappa shape index (κ1) is 20.2. The van der Waals surface area contributed by atoms with Crippen molar-refractivity contribution >= 4 is 17.5 Å². The minimum absolute atomic E-state index is 0.0200. The van der Waals surface area contributed by atoms with Crippen LogP contribution in [0.5, 0.6) is 5.75 Å². The Hall–Kier alpha value is -2.51. The predicted molar refractivity (Wildman–Crippen MR) is 106 cm³/mol. The highest BCUT2D eigenvalue weighted by molar-refractivity contribution is 5.70. The van der Waals surface area contributed by atoms with E-state index in [4.69, 9.17) is 9.47 Å². The van der Waals surface area contributed by atoms with Crippen LogP contribution in [0.4, 0.5) is 16.2 Å². The molecule has 1 spiro atoms. The zero-order valence-electron chi connectivity index (χ0n) is 17.2. The first-order valence-corrected chi connectivity index (χ1v) is 9.55. The van der Waals surface area contributed by atoms with Gasteiger partial charge in [0.25, 0.3) is 0 Å². The van der Waals surface area contributed by atoms with Gasteiger partial charge in [-0.15, -0.1) is 0 Å². The summed E-state index contributed by atoms with van der Waals surface area (Å²) < 4.78 is 10.1. The standard InChI is InChI=1S/C20H29N3O5/c1-19(2,3)17-20(13-22(17)18(24)28-5)8-10-21(11-9-20)14-6-7-16(27-4)15(12-14)23(25)26/h6-7,12,17H,8-11,13H2,1-5H3. The van der Waals surface area contributed by atoms with Crippen molar-refractivity contribution in [1.82, 2.24) is 4.90 Å². The van der Waals surface area contributed by atoms with Crippen LogP contribution in [0.3, 0.4) is 0 Å². The lowest BCUT2D eigenvalue weighted by Gasteiger charge is -2.63. The molecule has 1 aromatic rings. The van der Waals surface area contributed by atoms with Gasteiger partial charge in [0.1, 0.15) is 0 Å². The third kappa shape index (κ3) is 3.36. The summed E-state index contributed by atoms with van der Waals surface area (Å²) in [7, 11) is 2.86. The Bertz CT molecular complexity index is 766. The van der Waals surface area contributed by atoms with Gasteiger partial charge in [0.15, 0.2) is 5.75 Å². The molecule has 2 aliphatic heterocycles. The summed E-state index contributed by atoms with van der Waals surface area (Å²) >= 11 is 0. The summed E-state index contributed by atoms with van der Waals surface area (Å²) in [6, 6.07) is 5.23. The quantitative estimate of drug-likeness (QED) is 0.577. The Morgan fingerprint density at radius 1 is 1.25 bits per heavy atom. The summed E-state index contributed by atoms with van der Waals surface area (Å²) in [6.45, 7) is 8.78. The number of methoxy groups -OCH3 is 2. The van der Waals surface area contributed by atoms with Gasteiger partial charge < -0.3 is 19.3 Å². The lowest BCUT2D eigenvalue weighted by atomic mass is 9.58. The fourth-order valence-electron chi connectivity index (χ4n) is 5.07. The Labute approximate surface area is 165 Å². The second kappa shape index (κ2) is 7.14. The molecule has 1 aromatic carbocycles. The van der Waals surface area contributed by atoms with Crippen molar-refractivity contribution in [3.8, 4) is 5.75 Å². The summed E-state index contributed by atoms with van der Waals surface area (Å²) in [5.41, 5.74) is 0.835. The topological polar surface area (TPSA) is 85.2 Å². The molecular formula is C20H29N3O5. The van der Waals surface area contributed by atoms with E-state index in [1.807, 2.05) is 11.0 Å². The highest BCUT2D eigenvalue weighted by atomic mass is 16.6. The normalized spacial score (nSPS) is 21.2. The molecule has 1 amide bonds. The van der Waals surface area contributed by atoms with E-state index < -0.39 is 4.92 Å². The average molecular weight is 391 g/mol. The number of piperidine rings is 1. The molecule has 0 bridgehead atoms. The second-order valence-corrected chi connectivity index (χ2v) is 8.83. The van der Waals surface area contributed by atoms with Gasteiger partial charge in [-0.05, 0) is 30.4 Å². The molecule has 0 aromatic heterocycles. The molecule has 28 heavy (non-hydrogen) atoms. The third-order valence-electron chi connectivity index (χ3n) is 6.09. The summed E-state index contributed by atoms with van der Waals surface area (Å²) in [5, 5.41) is 11.3. The minimum Gasteiger partial charge on any atom is -0.490 e. The van der Waals surface area contributed by atoms with Crippen LogP contribution in [0, 0.1) is 20.9 Å². The molecular weight excluding hydrogens is 362 g/mol. The van der Waals surface area contributed by atoms with Crippen LogP contribution in [0.2, 0.25) is 0 Å². The number of hydrogen-bond acceptors (Lipinski definition) is 6. The molecule has 2 saturated heterocycles. The second-order valence-electron chi connectivity index (χ2n) is 8.83. The highest BCUT2D eigenvalue weighted by Crippen LogP contribution is 2.53. The maximum absolute atomic E-state index is 12.1. The number of likely N-dealkylation sites (tertiary alicyclic amines) is 1. The minimum atomic E-state index is -0.413. The van der Waals surface area contributed by atoms with Crippen molar-refractivity contribution in [1.29, 1.82) is 0 Å². The van der Waals surface area contributed by atoms with Gasteiger partial charge in [-0.1, -0.05) is 20.8 Å². The van der Waals surface area contributed by atoms with E-state index in [9.17, 15) is 14.9 Å². The Morgan fingerprint density at radius 3 is 2.39 bits per heavy atom. The van der Waals surface area contributed by atoms with E-state index in [1.165, 1.54) is 14.2 Å². The third-order valence-corrected chi connectivity index (χ3v) is 6.09. The van der Waals surface area contributed by atoms with E-state index in [0.717, 1.165) is 31.6 Å². The summed E-state index contributed by atoms with van der Waals surface area (Å²) in [5.74, 6) is 0.266. The van der Waals surface area contributed by atoms with Crippen molar-refractivity contribution in [2.24, 2.45) is 10.8 Å². The van der Waals surface area contributed by atoms with Gasteiger partial charge in [-0.25, -0.2) is 4.79 Å². The molecule has 0 aliphatic carbocycles. The average Bonchev–Trinajstić information content (AvgIpc) is 2.64. The first-order valence-electron chi connectivity index (χ1n) is 9.55. The van der Waals surface area contributed by atoms with E-state index in [2.05, 4.69) is 25.7 Å². The number of carbonyl (C=O) groups is 1. The lowest BCUT2D eigenvalue weighted by Crippen LogP contribution is -2.72. The van der Waals surface area contributed by atoms with Crippen molar-refractivity contribution in [2.75, 3.05) is 38.8 Å². The SMILES string of the molecule is COC(=O)N1CC2(CCN(c3ccc(OC)c([N+](=O)[O-])c3)CC2)C1C(C)(C)C. The zero-order chi connectivity index (χ0) is 20.7. The number of carbonyl (C=O) groups excluding carboxylic acids is 1.